The Labute approximate surface area is 113 Å². The van der Waals surface area contributed by atoms with E-state index in [0.717, 1.165) is 6.07 Å². The summed E-state index contributed by atoms with van der Waals surface area (Å²) in [5.74, 6) is 0.0225. The summed E-state index contributed by atoms with van der Waals surface area (Å²) < 4.78 is 43.9. The first-order valence-electron chi connectivity index (χ1n) is 5.81. The van der Waals surface area contributed by atoms with Crippen molar-refractivity contribution in [3.05, 3.63) is 59.2 Å². The number of benzene rings is 2. The third-order valence-electron chi connectivity index (χ3n) is 2.75. The molecule has 5 heteroatoms. The molecule has 0 atom stereocenters. The van der Waals surface area contributed by atoms with Crippen LogP contribution < -0.4 is 4.74 Å². The summed E-state index contributed by atoms with van der Waals surface area (Å²) in [4.78, 5) is 10.6. The van der Waals surface area contributed by atoms with Crippen molar-refractivity contribution in [1.82, 2.24) is 0 Å². The van der Waals surface area contributed by atoms with E-state index in [2.05, 4.69) is 0 Å². The first-order chi connectivity index (χ1) is 9.41. The van der Waals surface area contributed by atoms with E-state index in [4.69, 9.17) is 4.74 Å². The van der Waals surface area contributed by atoms with Crippen molar-refractivity contribution in [2.24, 2.45) is 0 Å². The van der Waals surface area contributed by atoms with Gasteiger partial charge in [0.25, 0.3) is 0 Å². The van der Waals surface area contributed by atoms with E-state index in [9.17, 15) is 18.0 Å². The normalized spacial score (nSPS) is 11.2. The Morgan fingerprint density at radius 1 is 1.05 bits per heavy atom. The molecule has 0 aliphatic rings. The zero-order valence-electron chi connectivity index (χ0n) is 10.6. The zero-order valence-corrected chi connectivity index (χ0v) is 10.6. The molecule has 0 unspecified atom stereocenters. The molecule has 0 saturated carbocycles. The summed E-state index contributed by atoms with van der Waals surface area (Å²) in [6.45, 7) is 1.67. The van der Waals surface area contributed by atoms with E-state index in [-0.39, 0.29) is 11.5 Å². The van der Waals surface area contributed by atoms with Crippen LogP contribution in [0, 0.1) is 6.92 Å². The highest BCUT2D eigenvalue weighted by atomic mass is 19.4. The Kier molecular flexibility index (Phi) is 3.79. The summed E-state index contributed by atoms with van der Waals surface area (Å²) in [6.07, 6.45) is -3.81. The summed E-state index contributed by atoms with van der Waals surface area (Å²) in [7, 11) is 0. The molecule has 2 aromatic carbocycles. The Morgan fingerprint density at radius 2 is 1.75 bits per heavy atom. The maximum Gasteiger partial charge on any atom is 0.419 e. The first-order valence-corrected chi connectivity index (χ1v) is 5.81. The van der Waals surface area contributed by atoms with Crippen molar-refractivity contribution in [3.8, 4) is 11.5 Å². The monoisotopic (exact) mass is 280 g/mol. The number of para-hydroxylation sites is 1. The van der Waals surface area contributed by atoms with Gasteiger partial charge in [0.2, 0.25) is 0 Å². The van der Waals surface area contributed by atoms with Gasteiger partial charge in [0.05, 0.1) is 5.56 Å². The number of carbonyl (C=O) groups is 1. The predicted molar refractivity (Wildman–Crippen MR) is 68.1 cm³/mol. The molecule has 2 rings (SSSR count). The highest BCUT2D eigenvalue weighted by molar-refractivity contribution is 5.75. The summed E-state index contributed by atoms with van der Waals surface area (Å²) in [5.41, 5.74) is 0.199. The highest BCUT2D eigenvalue weighted by Gasteiger charge is 2.34. The van der Waals surface area contributed by atoms with Crippen LogP contribution in [0.15, 0.2) is 42.5 Å². The molecule has 2 nitrogen and oxygen atoms in total. The van der Waals surface area contributed by atoms with Gasteiger partial charge in [-0.2, -0.15) is 13.2 Å². The van der Waals surface area contributed by atoms with Crippen LogP contribution in [-0.4, -0.2) is 6.29 Å². The third kappa shape index (κ3) is 2.99. The molecule has 2 aromatic rings. The van der Waals surface area contributed by atoms with E-state index in [1.807, 2.05) is 0 Å². The zero-order chi connectivity index (χ0) is 14.8. The minimum Gasteiger partial charge on any atom is -0.456 e. The molecule has 0 radical (unpaired) electrons. The van der Waals surface area contributed by atoms with E-state index in [1.165, 1.54) is 30.3 Å². The lowest BCUT2D eigenvalue weighted by molar-refractivity contribution is -0.138. The van der Waals surface area contributed by atoms with E-state index < -0.39 is 11.7 Å². The fraction of sp³-hybridized carbons (Fsp3) is 0.133. The van der Waals surface area contributed by atoms with E-state index in [1.54, 1.807) is 13.0 Å². The van der Waals surface area contributed by atoms with Crippen molar-refractivity contribution in [2.45, 2.75) is 13.1 Å². The minimum atomic E-state index is -4.48. The van der Waals surface area contributed by atoms with Crippen molar-refractivity contribution in [3.63, 3.8) is 0 Å². The Hall–Kier alpha value is -2.30. The van der Waals surface area contributed by atoms with Crippen LogP contribution in [-0.2, 0) is 6.18 Å². The highest BCUT2D eigenvalue weighted by Crippen LogP contribution is 2.38. The molecule has 0 amide bonds. The van der Waals surface area contributed by atoms with Gasteiger partial charge in [-0.15, -0.1) is 0 Å². The van der Waals surface area contributed by atoms with Crippen molar-refractivity contribution in [2.75, 3.05) is 0 Å². The lowest BCUT2D eigenvalue weighted by Crippen LogP contribution is -2.07. The van der Waals surface area contributed by atoms with Crippen LogP contribution in [0.25, 0.3) is 0 Å². The van der Waals surface area contributed by atoms with Gasteiger partial charge in [-0.3, -0.25) is 4.79 Å². The van der Waals surface area contributed by atoms with Gasteiger partial charge in [-0.05, 0) is 42.8 Å². The number of halogens is 3. The van der Waals surface area contributed by atoms with Gasteiger partial charge in [-0.1, -0.05) is 12.1 Å². The molecule has 0 heterocycles. The topological polar surface area (TPSA) is 26.3 Å². The molecule has 0 aliphatic heterocycles. The largest absolute Gasteiger partial charge is 0.456 e. The fourth-order valence-corrected chi connectivity index (χ4v) is 1.77. The summed E-state index contributed by atoms with van der Waals surface area (Å²) >= 11 is 0. The number of hydrogen-bond donors (Lipinski definition) is 0. The van der Waals surface area contributed by atoms with Crippen LogP contribution in [0.2, 0.25) is 0 Å². The Bertz CT molecular complexity index is 633. The van der Waals surface area contributed by atoms with Crippen LogP contribution in [0.1, 0.15) is 21.5 Å². The molecule has 20 heavy (non-hydrogen) atoms. The molecule has 0 spiro atoms. The molecule has 104 valence electrons. The molecular formula is C15H11F3O2. The number of ether oxygens (including phenoxy) is 1. The fourth-order valence-electron chi connectivity index (χ4n) is 1.77. The SMILES string of the molecule is Cc1cc(C=O)ccc1Oc1ccccc1C(F)(F)F. The lowest BCUT2D eigenvalue weighted by Gasteiger charge is -2.14. The second-order valence-corrected chi connectivity index (χ2v) is 4.24. The average Bonchev–Trinajstić information content (AvgIpc) is 2.40. The van der Waals surface area contributed by atoms with Crippen LogP contribution in [0.3, 0.4) is 0 Å². The number of aryl methyl sites for hydroxylation is 1. The third-order valence-corrected chi connectivity index (χ3v) is 2.75. The number of alkyl halides is 3. The molecule has 0 aliphatic carbocycles. The summed E-state index contributed by atoms with van der Waals surface area (Å²) in [6, 6.07) is 9.52. The molecule has 0 bridgehead atoms. The maximum atomic E-state index is 12.8. The molecule has 0 fully saturated rings. The smallest absolute Gasteiger partial charge is 0.419 e. The number of hydrogen-bond acceptors (Lipinski definition) is 2. The van der Waals surface area contributed by atoms with E-state index in [0.29, 0.717) is 17.4 Å². The van der Waals surface area contributed by atoms with Gasteiger partial charge >= 0.3 is 6.18 Å². The molecule has 0 N–H and O–H groups in total. The van der Waals surface area contributed by atoms with Gasteiger partial charge in [0.1, 0.15) is 17.8 Å². The Balaban J connectivity index is 2.38. The standard InChI is InChI=1S/C15H11F3O2/c1-10-8-11(9-19)6-7-13(10)20-14-5-3-2-4-12(14)15(16,17)18/h2-9H,1H3. The summed E-state index contributed by atoms with van der Waals surface area (Å²) in [5, 5.41) is 0. The number of aldehydes is 1. The number of carbonyl (C=O) groups excluding carboxylic acids is 1. The maximum absolute atomic E-state index is 12.8. The van der Waals surface area contributed by atoms with Crippen LogP contribution >= 0.6 is 0 Å². The van der Waals surface area contributed by atoms with Gasteiger partial charge < -0.3 is 4.74 Å². The van der Waals surface area contributed by atoms with Gasteiger partial charge in [0, 0.05) is 5.56 Å². The molecular weight excluding hydrogens is 269 g/mol. The average molecular weight is 280 g/mol. The van der Waals surface area contributed by atoms with E-state index >= 15 is 0 Å². The van der Waals surface area contributed by atoms with Crippen LogP contribution in [0.5, 0.6) is 11.5 Å². The van der Waals surface area contributed by atoms with Gasteiger partial charge in [0.15, 0.2) is 0 Å². The minimum absolute atomic E-state index is 0.262. The quantitative estimate of drug-likeness (QED) is 0.767. The van der Waals surface area contributed by atoms with Crippen molar-refractivity contribution in [1.29, 1.82) is 0 Å². The molecule has 0 saturated heterocycles. The predicted octanol–water partition coefficient (Wildman–Crippen LogP) is 4.62. The first kappa shape index (κ1) is 14.1. The Morgan fingerprint density at radius 3 is 2.35 bits per heavy atom. The van der Waals surface area contributed by atoms with Crippen molar-refractivity contribution < 1.29 is 22.7 Å². The molecule has 0 aromatic heterocycles. The van der Waals surface area contributed by atoms with Crippen molar-refractivity contribution >= 4 is 6.29 Å². The number of rotatable bonds is 3. The lowest BCUT2D eigenvalue weighted by atomic mass is 10.1. The second kappa shape index (κ2) is 5.36. The van der Waals surface area contributed by atoms with Crippen LogP contribution in [0.4, 0.5) is 13.2 Å². The second-order valence-electron chi connectivity index (χ2n) is 4.24. The van der Waals surface area contributed by atoms with Gasteiger partial charge in [-0.25, -0.2) is 0 Å².